The summed E-state index contributed by atoms with van der Waals surface area (Å²) in [5.41, 5.74) is 2.95. The van der Waals surface area contributed by atoms with E-state index >= 15 is 0 Å². The van der Waals surface area contributed by atoms with Crippen LogP contribution in [0, 0.1) is 13.8 Å². The third kappa shape index (κ3) is 5.83. The summed E-state index contributed by atoms with van der Waals surface area (Å²) in [5.74, 6) is 0.749. The fraction of sp³-hybridized carbons (Fsp3) is 0.222. The average molecular weight is 418 g/mol. The molecule has 3 rings (SSSR count). The number of nitrogens with one attached hydrogen (secondary N) is 3. The smallest absolute Gasteiger partial charge is 0.325 e. The highest BCUT2D eigenvalue weighted by molar-refractivity contribution is 8.01. The number of amides is 3. The monoisotopic (exact) mass is 417 g/mol. The summed E-state index contributed by atoms with van der Waals surface area (Å²) in [5, 5.41) is 16.4. The van der Waals surface area contributed by atoms with Gasteiger partial charge in [-0.3, -0.25) is 10.1 Å². The highest BCUT2D eigenvalue weighted by Gasteiger charge is 2.11. The lowest BCUT2D eigenvalue weighted by Crippen LogP contribution is -2.24. The standard InChI is InChI=1S/C18H19N5O3S2/c1-11-5-6-13(8-12(11)2)20-16(25)21-17-22-23-18(28-17)27-10-15(24)19-9-14-4-3-7-26-14/h3-8H,9-10H2,1-2H3,(H,19,24)(H2,20,21,22,25). The minimum atomic E-state index is -0.396. The third-order valence-electron chi connectivity index (χ3n) is 3.76. The Morgan fingerprint density at radius 2 is 2.00 bits per heavy atom. The van der Waals surface area contributed by atoms with Gasteiger partial charge in [-0.15, -0.1) is 10.2 Å². The second-order valence-electron chi connectivity index (χ2n) is 5.90. The molecule has 0 unspecified atom stereocenters. The summed E-state index contributed by atoms with van der Waals surface area (Å²) < 4.78 is 5.75. The molecule has 0 radical (unpaired) electrons. The number of rotatable bonds is 7. The first-order chi connectivity index (χ1) is 13.5. The van der Waals surface area contributed by atoms with Gasteiger partial charge in [0.25, 0.3) is 0 Å². The molecular formula is C18H19N5O3S2. The number of carbonyl (C=O) groups is 2. The molecule has 0 bridgehead atoms. The molecule has 3 amide bonds. The number of hydrogen-bond acceptors (Lipinski definition) is 7. The van der Waals surface area contributed by atoms with Crippen LogP contribution in [0.5, 0.6) is 0 Å². The second kappa shape index (κ2) is 9.38. The van der Waals surface area contributed by atoms with E-state index in [-0.39, 0.29) is 11.7 Å². The SMILES string of the molecule is Cc1ccc(NC(=O)Nc2nnc(SCC(=O)NCc3ccco3)s2)cc1C. The predicted molar refractivity (Wildman–Crippen MR) is 110 cm³/mol. The Hall–Kier alpha value is -2.85. The van der Waals surface area contributed by atoms with Gasteiger partial charge in [0.05, 0.1) is 18.6 Å². The van der Waals surface area contributed by atoms with Gasteiger partial charge in [-0.25, -0.2) is 4.79 Å². The molecule has 3 N–H and O–H groups in total. The molecule has 3 aromatic rings. The lowest BCUT2D eigenvalue weighted by atomic mass is 10.1. The number of aromatic nitrogens is 2. The van der Waals surface area contributed by atoms with Gasteiger partial charge < -0.3 is 15.1 Å². The van der Waals surface area contributed by atoms with Gasteiger partial charge in [-0.1, -0.05) is 29.2 Å². The van der Waals surface area contributed by atoms with Crippen LogP contribution in [0.1, 0.15) is 16.9 Å². The number of urea groups is 1. The van der Waals surface area contributed by atoms with Crippen LogP contribution in [0.25, 0.3) is 0 Å². The molecule has 0 atom stereocenters. The van der Waals surface area contributed by atoms with E-state index in [0.717, 1.165) is 11.1 Å². The fourth-order valence-electron chi connectivity index (χ4n) is 2.17. The largest absolute Gasteiger partial charge is 0.467 e. The van der Waals surface area contributed by atoms with E-state index in [1.54, 1.807) is 18.4 Å². The number of carbonyl (C=O) groups excluding carboxylic acids is 2. The minimum Gasteiger partial charge on any atom is -0.467 e. The molecule has 10 heteroatoms. The molecule has 1 aromatic carbocycles. The van der Waals surface area contributed by atoms with Crippen molar-refractivity contribution in [2.24, 2.45) is 0 Å². The summed E-state index contributed by atoms with van der Waals surface area (Å²) in [7, 11) is 0. The van der Waals surface area contributed by atoms with Crippen molar-refractivity contribution in [1.82, 2.24) is 15.5 Å². The van der Waals surface area contributed by atoms with Crippen molar-refractivity contribution in [2.45, 2.75) is 24.7 Å². The zero-order valence-electron chi connectivity index (χ0n) is 15.3. The normalized spacial score (nSPS) is 10.5. The van der Waals surface area contributed by atoms with E-state index in [2.05, 4.69) is 26.1 Å². The first kappa shape index (κ1) is 19.9. The Balaban J connectivity index is 1.43. The predicted octanol–water partition coefficient (Wildman–Crippen LogP) is 3.80. The van der Waals surface area contributed by atoms with Gasteiger partial charge in [0.15, 0.2) is 4.34 Å². The summed E-state index contributed by atoms with van der Waals surface area (Å²) in [6, 6.07) is 8.84. The maximum absolute atomic E-state index is 12.1. The van der Waals surface area contributed by atoms with Crippen molar-refractivity contribution < 1.29 is 14.0 Å². The van der Waals surface area contributed by atoms with E-state index in [1.165, 1.54) is 23.1 Å². The van der Waals surface area contributed by atoms with E-state index < -0.39 is 6.03 Å². The van der Waals surface area contributed by atoms with Crippen LogP contribution in [-0.4, -0.2) is 27.9 Å². The number of benzene rings is 1. The maximum Gasteiger partial charge on any atom is 0.325 e. The van der Waals surface area contributed by atoms with Gasteiger partial charge in [0, 0.05) is 5.69 Å². The molecule has 2 aromatic heterocycles. The van der Waals surface area contributed by atoms with E-state index in [4.69, 9.17) is 4.42 Å². The van der Waals surface area contributed by atoms with Crippen molar-refractivity contribution in [3.8, 4) is 0 Å². The summed E-state index contributed by atoms with van der Waals surface area (Å²) in [6.07, 6.45) is 1.56. The number of furan rings is 1. The van der Waals surface area contributed by atoms with E-state index in [9.17, 15) is 9.59 Å². The molecule has 146 valence electrons. The Morgan fingerprint density at radius 3 is 2.75 bits per heavy atom. The van der Waals surface area contributed by atoms with Crippen molar-refractivity contribution in [2.75, 3.05) is 16.4 Å². The summed E-state index contributed by atoms with van der Waals surface area (Å²) >= 11 is 2.46. The molecule has 0 spiro atoms. The quantitative estimate of drug-likeness (QED) is 0.398. The zero-order valence-corrected chi connectivity index (χ0v) is 16.9. The molecule has 0 aliphatic heterocycles. The first-order valence-electron chi connectivity index (χ1n) is 8.40. The minimum absolute atomic E-state index is 0.140. The lowest BCUT2D eigenvalue weighted by Gasteiger charge is -2.07. The summed E-state index contributed by atoms with van der Waals surface area (Å²) in [4.78, 5) is 23.9. The van der Waals surface area contributed by atoms with Gasteiger partial charge in [0.2, 0.25) is 11.0 Å². The van der Waals surface area contributed by atoms with Crippen molar-refractivity contribution in [3.63, 3.8) is 0 Å². The summed E-state index contributed by atoms with van der Waals surface area (Å²) in [6.45, 7) is 4.34. The molecule has 2 heterocycles. The third-order valence-corrected chi connectivity index (χ3v) is 5.73. The van der Waals surface area contributed by atoms with Crippen LogP contribution >= 0.6 is 23.1 Å². The lowest BCUT2D eigenvalue weighted by molar-refractivity contribution is -0.118. The van der Waals surface area contributed by atoms with Crippen LogP contribution < -0.4 is 16.0 Å². The van der Waals surface area contributed by atoms with Gasteiger partial charge >= 0.3 is 6.03 Å². The highest BCUT2D eigenvalue weighted by Crippen LogP contribution is 2.25. The fourth-order valence-corrected chi connectivity index (χ4v) is 3.75. The first-order valence-corrected chi connectivity index (χ1v) is 10.2. The Kier molecular flexibility index (Phi) is 6.66. The molecule has 0 saturated heterocycles. The van der Waals surface area contributed by atoms with Crippen LogP contribution in [0.4, 0.5) is 15.6 Å². The van der Waals surface area contributed by atoms with Crippen molar-refractivity contribution >= 4 is 45.9 Å². The van der Waals surface area contributed by atoms with Gasteiger partial charge in [-0.05, 0) is 49.2 Å². The molecule has 0 aliphatic carbocycles. The Morgan fingerprint density at radius 1 is 1.14 bits per heavy atom. The molecule has 0 fully saturated rings. The van der Waals surface area contributed by atoms with Crippen LogP contribution in [0.2, 0.25) is 0 Å². The van der Waals surface area contributed by atoms with Crippen LogP contribution in [0.15, 0.2) is 45.4 Å². The Labute approximate surface area is 170 Å². The van der Waals surface area contributed by atoms with Gasteiger partial charge in [-0.2, -0.15) is 0 Å². The number of hydrogen-bond donors (Lipinski definition) is 3. The van der Waals surface area contributed by atoms with Crippen molar-refractivity contribution in [1.29, 1.82) is 0 Å². The zero-order chi connectivity index (χ0) is 19.9. The van der Waals surface area contributed by atoms with E-state index in [0.29, 0.717) is 27.5 Å². The molecular weight excluding hydrogens is 398 g/mol. The highest BCUT2D eigenvalue weighted by atomic mass is 32.2. The number of thioether (sulfide) groups is 1. The number of anilines is 2. The maximum atomic E-state index is 12.1. The van der Waals surface area contributed by atoms with Gasteiger partial charge in [0.1, 0.15) is 5.76 Å². The van der Waals surface area contributed by atoms with Crippen LogP contribution in [-0.2, 0) is 11.3 Å². The average Bonchev–Trinajstić information content (AvgIpc) is 3.33. The number of aryl methyl sites for hydroxylation is 2. The second-order valence-corrected chi connectivity index (χ2v) is 8.10. The molecule has 0 aliphatic rings. The molecule has 8 nitrogen and oxygen atoms in total. The van der Waals surface area contributed by atoms with E-state index in [1.807, 2.05) is 32.0 Å². The molecule has 28 heavy (non-hydrogen) atoms. The van der Waals surface area contributed by atoms with Crippen molar-refractivity contribution in [3.05, 3.63) is 53.5 Å². The number of nitrogens with zero attached hydrogens (tertiary/aromatic N) is 2. The Bertz CT molecular complexity index is 956. The topological polar surface area (TPSA) is 109 Å². The van der Waals surface area contributed by atoms with Crippen LogP contribution in [0.3, 0.4) is 0 Å². The molecule has 0 saturated carbocycles.